The van der Waals surface area contributed by atoms with E-state index in [0.717, 1.165) is 24.5 Å². The predicted octanol–water partition coefficient (Wildman–Crippen LogP) is 0.647. The molecule has 2 aliphatic rings. The molecule has 0 spiro atoms. The maximum atomic E-state index is 12.8. The van der Waals surface area contributed by atoms with Crippen molar-refractivity contribution in [3.8, 4) is 0 Å². The number of piperidine rings is 1. The Morgan fingerprint density at radius 1 is 1.13 bits per heavy atom. The van der Waals surface area contributed by atoms with Crippen molar-refractivity contribution in [1.29, 1.82) is 0 Å². The first-order valence-electron chi connectivity index (χ1n) is 8.16. The molecule has 130 valence electrons. The normalized spacial score (nSPS) is 29.0. The van der Waals surface area contributed by atoms with Crippen LogP contribution in [0.3, 0.4) is 0 Å². The summed E-state index contributed by atoms with van der Waals surface area (Å²) >= 11 is 0. The highest BCUT2D eigenvalue weighted by Gasteiger charge is 2.37. The molecule has 3 rings (SSSR count). The van der Waals surface area contributed by atoms with Gasteiger partial charge in [0.15, 0.2) is 5.82 Å². The van der Waals surface area contributed by atoms with Crippen molar-refractivity contribution in [2.24, 2.45) is 0 Å². The van der Waals surface area contributed by atoms with Crippen LogP contribution >= 0.6 is 0 Å². The zero-order valence-corrected chi connectivity index (χ0v) is 14.7. The van der Waals surface area contributed by atoms with Gasteiger partial charge < -0.3 is 4.74 Å². The lowest BCUT2D eigenvalue weighted by Crippen LogP contribution is -2.54. The number of aryl methyl sites for hydroxylation is 1. The first-order valence-corrected chi connectivity index (χ1v) is 9.55. The highest BCUT2D eigenvalue weighted by atomic mass is 32.2. The summed E-state index contributed by atoms with van der Waals surface area (Å²) in [5.74, 6) is 1.83. The fourth-order valence-electron chi connectivity index (χ4n) is 3.37. The van der Waals surface area contributed by atoms with Crippen LogP contribution in [0, 0.1) is 6.92 Å². The molecule has 0 saturated carbocycles. The minimum absolute atomic E-state index is 0.0673. The molecule has 0 radical (unpaired) electrons. The lowest BCUT2D eigenvalue weighted by molar-refractivity contribution is -0.0456. The number of morpholine rings is 1. The van der Waals surface area contributed by atoms with Crippen LogP contribution in [-0.2, 0) is 14.9 Å². The Kier molecular flexibility index (Phi) is 4.73. The Balaban J connectivity index is 1.64. The molecule has 2 fully saturated rings. The third-order valence-electron chi connectivity index (χ3n) is 4.47. The first kappa shape index (κ1) is 16.8. The Hall–Kier alpha value is -1.03. The zero-order valence-electron chi connectivity index (χ0n) is 13.9. The SMILES string of the molecule is Cc1nc(C2CCN(S(=O)(=O)N3C[C@@H](C)O[C@@H](C)C3)CC2)n[nH]1. The van der Waals surface area contributed by atoms with Crippen LogP contribution < -0.4 is 0 Å². The molecule has 1 aromatic rings. The quantitative estimate of drug-likeness (QED) is 0.870. The molecule has 2 atom stereocenters. The van der Waals surface area contributed by atoms with Crippen molar-refractivity contribution >= 4 is 10.2 Å². The van der Waals surface area contributed by atoms with Crippen LogP contribution in [0.4, 0.5) is 0 Å². The molecule has 8 nitrogen and oxygen atoms in total. The van der Waals surface area contributed by atoms with E-state index in [1.54, 1.807) is 8.61 Å². The molecule has 23 heavy (non-hydrogen) atoms. The summed E-state index contributed by atoms with van der Waals surface area (Å²) in [7, 11) is -3.41. The Bertz CT molecular complexity index is 629. The Morgan fingerprint density at radius 3 is 2.26 bits per heavy atom. The molecule has 2 saturated heterocycles. The maximum absolute atomic E-state index is 12.8. The molecule has 0 amide bonds. The van der Waals surface area contributed by atoms with Gasteiger partial charge in [0.2, 0.25) is 0 Å². The second-order valence-corrected chi connectivity index (χ2v) is 8.46. The summed E-state index contributed by atoms with van der Waals surface area (Å²) in [6.07, 6.45) is 1.38. The highest BCUT2D eigenvalue weighted by molar-refractivity contribution is 7.86. The van der Waals surface area contributed by atoms with Crippen LogP contribution in [0.5, 0.6) is 0 Å². The fourth-order valence-corrected chi connectivity index (χ4v) is 5.17. The molecule has 0 unspecified atom stereocenters. The summed E-state index contributed by atoms with van der Waals surface area (Å²) in [6.45, 7) is 7.57. The summed E-state index contributed by atoms with van der Waals surface area (Å²) in [6, 6.07) is 0. The van der Waals surface area contributed by atoms with E-state index in [2.05, 4.69) is 15.2 Å². The van der Waals surface area contributed by atoms with Crippen LogP contribution in [0.25, 0.3) is 0 Å². The maximum Gasteiger partial charge on any atom is 0.282 e. The molecule has 1 N–H and O–H groups in total. The van der Waals surface area contributed by atoms with E-state index in [1.807, 2.05) is 20.8 Å². The van der Waals surface area contributed by atoms with E-state index in [4.69, 9.17) is 4.74 Å². The molecule has 2 aliphatic heterocycles. The van der Waals surface area contributed by atoms with Crippen molar-refractivity contribution < 1.29 is 13.2 Å². The number of hydrogen-bond acceptors (Lipinski definition) is 5. The van der Waals surface area contributed by atoms with E-state index in [9.17, 15) is 8.42 Å². The lowest BCUT2D eigenvalue weighted by Gasteiger charge is -2.39. The third-order valence-corrected chi connectivity index (χ3v) is 6.44. The van der Waals surface area contributed by atoms with Gasteiger partial charge in [-0.25, -0.2) is 4.98 Å². The van der Waals surface area contributed by atoms with Gasteiger partial charge in [-0.3, -0.25) is 5.10 Å². The second kappa shape index (κ2) is 6.46. The van der Waals surface area contributed by atoms with Crippen molar-refractivity contribution in [1.82, 2.24) is 23.8 Å². The molecule has 9 heteroatoms. The Labute approximate surface area is 137 Å². The van der Waals surface area contributed by atoms with Gasteiger partial charge in [-0.15, -0.1) is 0 Å². The largest absolute Gasteiger partial charge is 0.373 e. The van der Waals surface area contributed by atoms with E-state index in [-0.39, 0.29) is 18.1 Å². The number of aromatic amines is 1. The van der Waals surface area contributed by atoms with E-state index < -0.39 is 10.2 Å². The molecule has 0 bridgehead atoms. The van der Waals surface area contributed by atoms with Gasteiger partial charge in [0.1, 0.15) is 5.82 Å². The van der Waals surface area contributed by atoms with Crippen LogP contribution in [0.15, 0.2) is 0 Å². The van der Waals surface area contributed by atoms with Crippen LogP contribution in [0.1, 0.15) is 44.3 Å². The van der Waals surface area contributed by atoms with Crippen LogP contribution in [-0.4, -0.2) is 70.6 Å². The summed E-state index contributed by atoms with van der Waals surface area (Å²) in [4.78, 5) is 4.37. The topological polar surface area (TPSA) is 91.4 Å². The Morgan fingerprint density at radius 2 is 1.74 bits per heavy atom. The van der Waals surface area contributed by atoms with Gasteiger partial charge >= 0.3 is 0 Å². The number of H-pyrrole nitrogens is 1. The minimum Gasteiger partial charge on any atom is -0.373 e. The minimum atomic E-state index is -3.41. The molecule has 1 aromatic heterocycles. The molecule has 0 aromatic carbocycles. The standard InChI is InChI=1S/C14H25N5O3S/c1-10-8-19(9-11(2)22-10)23(20,21)18-6-4-13(5-7-18)14-15-12(3)16-17-14/h10-11,13H,4-9H2,1-3H3,(H,15,16,17)/t10-,11+. The summed E-state index contributed by atoms with van der Waals surface area (Å²) in [5, 5.41) is 7.06. The van der Waals surface area contributed by atoms with Gasteiger partial charge in [-0.1, -0.05) is 0 Å². The zero-order chi connectivity index (χ0) is 16.6. The van der Waals surface area contributed by atoms with Crippen molar-refractivity contribution in [3.05, 3.63) is 11.6 Å². The number of nitrogens with zero attached hydrogens (tertiary/aromatic N) is 4. The van der Waals surface area contributed by atoms with Crippen molar-refractivity contribution in [2.75, 3.05) is 26.2 Å². The highest BCUT2D eigenvalue weighted by Crippen LogP contribution is 2.28. The smallest absolute Gasteiger partial charge is 0.282 e. The molecule has 3 heterocycles. The van der Waals surface area contributed by atoms with Gasteiger partial charge in [-0.2, -0.15) is 22.1 Å². The predicted molar refractivity (Wildman–Crippen MR) is 85.2 cm³/mol. The van der Waals surface area contributed by atoms with Gasteiger partial charge in [-0.05, 0) is 33.6 Å². The lowest BCUT2D eigenvalue weighted by atomic mass is 9.98. The number of ether oxygens (including phenoxy) is 1. The monoisotopic (exact) mass is 343 g/mol. The first-order chi connectivity index (χ1) is 10.9. The fraction of sp³-hybridized carbons (Fsp3) is 0.857. The number of rotatable bonds is 3. The van der Waals surface area contributed by atoms with Crippen molar-refractivity contribution in [3.63, 3.8) is 0 Å². The van der Waals surface area contributed by atoms with Gasteiger partial charge in [0.25, 0.3) is 10.2 Å². The summed E-state index contributed by atoms with van der Waals surface area (Å²) < 4.78 is 34.5. The van der Waals surface area contributed by atoms with Crippen molar-refractivity contribution in [2.45, 2.75) is 51.7 Å². The third kappa shape index (κ3) is 3.57. The second-order valence-electron chi connectivity index (χ2n) is 6.53. The van der Waals surface area contributed by atoms with Gasteiger partial charge in [0, 0.05) is 32.1 Å². The molecule has 0 aliphatic carbocycles. The van der Waals surface area contributed by atoms with Crippen LogP contribution in [0.2, 0.25) is 0 Å². The number of aromatic nitrogens is 3. The van der Waals surface area contributed by atoms with E-state index in [1.165, 1.54) is 0 Å². The molecular weight excluding hydrogens is 318 g/mol. The molecular formula is C14H25N5O3S. The average molecular weight is 343 g/mol. The van der Waals surface area contributed by atoms with E-state index in [0.29, 0.717) is 26.2 Å². The summed E-state index contributed by atoms with van der Waals surface area (Å²) in [5.41, 5.74) is 0. The average Bonchev–Trinajstić information content (AvgIpc) is 2.93. The van der Waals surface area contributed by atoms with E-state index >= 15 is 0 Å². The number of hydrogen-bond donors (Lipinski definition) is 1. The van der Waals surface area contributed by atoms with Gasteiger partial charge in [0.05, 0.1) is 12.2 Å². The number of nitrogens with one attached hydrogen (secondary N) is 1.